The standard InChI is InChI=1S/C17H25N3O2.ClH/c1-22-16(14-5-3-2-4-6-14)17(21)20-11-9-19(10-12-20)15-7-8-18-13-15;/h2-6,15-16,18H,7-13H2,1H3;1H. The third-order valence-electron chi connectivity index (χ3n) is 4.74. The molecule has 23 heavy (non-hydrogen) atoms. The maximum atomic E-state index is 12.7. The van der Waals surface area contributed by atoms with Gasteiger partial charge >= 0.3 is 0 Å². The first-order valence-corrected chi connectivity index (χ1v) is 8.11. The monoisotopic (exact) mass is 339 g/mol. The van der Waals surface area contributed by atoms with Crippen LogP contribution in [0.5, 0.6) is 0 Å². The summed E-state index contributed by atoms with van der Waals surface area (Å²) in [6, 6.07) is 10.4. The van der Waals surface area contributed by atoms with Gasteiger partial charge in [0.05, 0.1) is 0 Å². The minimum absolute atomic E-state index is 0. The molecule has 1 aromatic rings. The molecule has 2 atom stereocenters. The maximum Gasteiger partial charge on any atom is 0.256 e. The zero-order valence-corrected chi connectivity index (χ0v) is 14.4. The molecule has 0 aromatic heterocycles. The van der Waals surface area contributed by atoms with Crippen LogP contribution in [0.3, 0.4) is 0 Å². The Morgan fingerprint density at radius 2 is 1.91 bits per heavy atom. The van der Waals surface area contributed by atoms with E-state index in [2.05, 4.69) is 10.2 Å². The summed E-state index contributed by atoms with van der Waals surface area (Å²) in [5.74, 6) is 0.0814. The topological polar surface area (TPSA) is 44.8 Å². The van der Waals surface area contributed by atoms with E-state index in [9.17, 15) is 4.79 Å². The third-order valence-corrected chi connectivity index (χ3v) is 4.74. The fourth-order valence-corrected chi connectivity index (χ4v) is 3.43. The number of carbonyl (C=O) groups excluding carboxylic acids is 1. The Morgan fingerprint density at radius 1 is 1.22 bits per heavy atom. The largest absolute Gasteiger partial charge is 0.367 e. The van der Waals surface area contributed by atoms with Gasteiger partial charge < -0.3 is 15.0 Å². The van der Waals surface area contributed by atoms with Gasteiger partial charge in [0.25, 0.3) is 5.91 Å². The van der Waals surface area contributed by atoms with Crippen molar-refractivity contribution in [2.45, 2.75) is 18.6 Å². The number of rotatable bonds is 4. The highest BCUT2D eigenvalue weighted by Gasteiger charge is 2.31. The van der Waals surface area contributed by atoms with Crippen LogP contribution >= 0.6 is 12.4 Å². The maximum absolute atomic E-state index is 12.7. The number of nitrogens with zero attached hydrogens (tertiary/aromatic N) is 2. The number of benzene rings is 1. The second-order valence-corrected chi connectivity index (χ2v) is 6.03. The molecule has 1 amide bonds. The van der Waals surface area contributed by atoms with Crippen LogP contribution in [0.25, 0.3) is 0 Å². The molecule has 128 valence electrons. The van der Waals surface area contributed by atoms with Crippen molar-refractivity contribution in [2.75, 3.05) is 46.4 Å². The molecular weight excluding hydrogens is 314 g/mol. The number of piperazine rings is 1. The Bertz CT molecular complexity index is 486. The quantitative estimate of drug-likeness (QED) is 0.898. The minimum Gasteiger partial charge on any atom is -0.367 e. The number of hydrogen-bond donors (Lipinski definition) is 1. The van der Waals surface area contributed by atoms with Crippen LogP contribution in [0.4, 0.5) is 0 Å². The zero-order chi connectivity index (χ0) is 15.4. The number of halogens is 1. The van der Waals surface area contributed by atoms with Gasteiger partial charge in [-0.2, -0.15) is 0 Å². The lowest BCUT2D eigenvalue weighted by Gasteiger charge is -2.38. The normalized spacial score (nSPS) is 23.3. The number of nitrogens with one attached hydrogen (secondary N) is 1. The van der Waals surface area contributed by atoms with E-state index in [1.807, 2.05) is 35.2 Å². The zero-order valence-electron chi connectivity index (χ0n) is 13.6. The van der Waals surface area contributed by atoms with Crippen molar-refractivity contribution in [3.8, 4) is 0 Å². The van der Waals surface area contributed by atoms with Crippen molar-refractivity contribution in [2.24, 2.45) is 0 Å². The van der Waals surface area contributed by atoms with Gasteiger partial charge in [-0.15, -0.1) is 12.4 Å². The van der Waals surface area contributed by atoms with Crippen LogP contribution in [-0.4, -0.2) is 68.1 Å². The Kier molecular flexibility index (Phi) is 6.84. The molecule has 2 aliphatic rings. The number of ether oxygens (including phenoxy) is 1. The van der Waals surface area contributed by atoms with Crippen molar-refractivity contribution >= 4 is 18.3 Å². The molecule has 2 unspecified atom stereocenters. The van der Waals surface area contributed by atoms with Crippen LogP contribution in [0.1, 0.15) is 18.1 Å². The summed E-state index contributed by atoms with van der Waals surface area (Å²) >= 11 is 0. The van der Waals surface area contributed by atoms with Gasteiger partial charge in [-0.1, -0.05) is 30.3 Å². The van der Waals surface area contributed by atoms with E-state index in [1.54, 1.807) is 7.11 Å². The molecule has 2 heterocycles. The van der Waals surface area contributed by atoms with Crippen LogP contribution in [0.15, 0.2) is 30.3 Å². The summed E-state index contributed by atoms with van der Waals surface area (Å²) in [6.07, 6.45) is 0.736. The minimum atomic E-state index is -0.485. The summed E-state index contributed by atoms with van der Waals surface area (Å²) in [5, 5.41) is 3.41. The lowest BCUT2D eigenvalue weighted by atomic mass is 10.1. The van der Waals surface area contributed by atoms with Gasteiger partial charge in [0, 0.05) is 45.9 Å². The van der Waals surface area contributed by atoms with Crippen molar-refractivity contribution in [1.82, 2.24) is 15.1 Å². The van der Waals surface area contributed by atoms with Crippen molar-refractivity contribution in [3.63, 3.8) is 0 Å². The first-order valence-electron chi connectivity index (χ1n) is 8.11. The molecule has 0 spiro atoms. The second kappa shape index (κ2) is 8.64. The third kappa shape index (κ3) is 4.23. The molecule has 3 rings (SSSR count). The molecular formula is C17H26ClN3O2. The van der Waals surface area contributed by atoms with Gasteiger partial charge in [0.1, 0.15) is 0 Å². The summed E-state index contributed by atoms with van der Waals surface area (Å²) < 4.78 is 5.46. The van der Waals surface area contributed by atoms with Gasteiger partial charge in [-0.05, 0) is 18.5 Å². The van der Waals surface area contributed by atoms with Crippen molar-refractivity contribution in [3.05, 3.63) is 35.9 Å². The Hall–Kier alpha value is -1.14. The van der Waals surface area contributed by atoms with Gasteiger partial charge in [-0.25, -0.2) is 0 Å². The van der Waals surface area contributed by atoms with Gasteiger partial charge in [0.15, 0.2) is 6.10 Å². The van der Waals surface area contributed by atoms with E-state index >= 15 is 0 Å². The first-order chi connectivity index (χ1) is 10.8. The smallest absolute Gasteiger partial charge is 0.256 e. The van der Waals surface area contributed by atoms with Crippen molar-refractivity contribution in [1.29, 1.82) is 0 Å². The summed E-state index contributed by atoms with van der Waals surface area (Å²) in [6.45, 7) is 5.71. The van der Waals surface area contributed by atoms with Crippen LogP contribution in [0.2, 0.25) is 0 Å². The van der Waals surface area contributed by atoms with E-state index < -0.39 is 6.10 Å². The average Bonchev–Trinajstić information content (AvgIpc) is 3.11. The second-order valence-electron chi connectivity index (χ2n) is 6.03. The number of methoxy groups -OCH3 is 1. The number of carbonyl (C=O) groups is 1. The van der Waals surface area contributed by atoms with E-state index in [4.69, 9.17) is 4.74 Å². The molecule has 2 aliphatic heterocycles. The van der Waals surface area contributed by atoms with Gasteiger partial charge in [0.2, 0.25) is 0 Å². The Morgan fingerprint density at radius 3 is 2.48 bits per heavy atom. The predicted molar refractivity (Wildman–Crippen MR) is 92.9 cm³/mol. The predicted octanol–water partition coefficient (Wildman–Crippen LogP) is 1.30. The number of amides is 1. The summed E-state index contributed by atoms with van der Waals surface area (Å²) in [7, 11) is 1.61. The van der Waals surface area contributed by atoms with Gasteiger partial charge in [-0.3, -0.25) is 9.69 Å². The molecule has 1 aromatic carbocycles. The van der Waals surface area contributed by atoms with Crippen LogP contribution in [0, 0.1) is 0 Å². The van der Waals surface area contributed by atoms with E-state index in [1.165, 1.54) is 6.42 Å². The van der Waals surface area contributed by atoms with Crippen molar-refractivity contribution < 1.29 is 9.53 Å². The SMILES string of the molecule is COC(C(=O)N1CCN(C2CCNC2)CC1)c1ccccc1.Cl. The molecule has 0 aliphatic carbocycles. The Labute approximate surface area is 144 Å². The molecule has 0 bridgehead atoms. The van der Waals surface area contributed by atoms with E-state index in [0.29, 0.717) is 6.04 Å². The molecule has 5 nitrogen and oxygen atoms in total. The molecule has 2 saturated heterocycles. The molecule has 0 saturated carbocycles. The first kappa shape index (κ1) is 18.2. The highest BCUT2D eigenvalue weighted by molar-refractivity contribution is 5.85. The molecule has 0 radical (unpaired) electrons. The average molecular weight is 340 g/mol. The van der Waals surface area contributed by atoms with E-state index in [0.717, 1.165) is 44.8 Å². The lowest BCUT2D eigenvalue weighted by Crippen LogP contribution is -2.53. The van der Waals surface area contributed by atoms with E-state index in [-0.39, 0.29) is 18.3 Å². The number of hydrogen-bond acceptors (Lipinski definition) is 4. The summed E-state index contributed by atoms with van der Waals surface area (Å²) in [5.41, 5.74) is 0.928. The highest BCUT2D eigenvalue weighted by atomic mass is 35.5. The molecule has 6 heteroatoms. The van der Waals surface area contributed by atoms with Crippen LogP contribution < -0.4 is 5.32 Å². The Balaban J connectivity index is 0.00000192. The molecule has 2 fully saturated rings. The summed E-state index contributed by atoms with van der Waals surface area (Å²) in [4.78, 5) is 17.2. The fraction of sp³-hybridized carbons (Fsp3) is 0.588. The molecule has 1 N–H and O–H groups in total. The van der Waals surface area contributed by atoms with Crippen LogP contribution in [-0.2, 0) is 9.53 Å². The lowest BCUT2D eigenvalue weighted by molar-refractivity contribution is -0.144. The highest BCUT2D eigenvalue weighted by Crippen LogP contribution is 2.21. The fourth-order valence-electron chi connectivity index (χ4n) is 3.43.